The van der Waals surface area contributed by atoms with E-state index in [9.17, 15) is 17.6 Å². The van der Waals surface area contributed by atoms with E-state index < -0.39 is 21.9 Å². The second-order valence-corrected chi connectivity index (χ2v) is 8.93. The van der Waals surface area contributed by atoms with Crippen LogP contribution in [0.4, 0.5) is 20.6 Å². The fourth-order valence-corrected chi connectivity index (χ4v) is 3.93. The number of hydrogen-bond acceptors (Lipinski definition) is 5. The van der Waals surface area contributed by atoms with E-state index in [4.69, 9.17) is 4.74 Å². The Morgan fingerprint density at radius 3 is 2.69 bits per heavy atom. The number of ether oxygens (including phenoxy) is 1. The average Bonchev–Trinajstić information content (AvgIpc) is 2.62. The van der Waals surface area contributed by atoms with Crippen LogP contribution in [-0.4, -0.2) is 49.2 Å². The maximum atomic E-state index is 14.0. The second kappa shape index (κ2) is 8.75. The Morgan fingerprint density at radius 2 is 2.00 bits per heavy atom. The van der Waals surface area contributed by atoms with Gasteiger partial charge in [0.1, 0.15) is 17.7 Å². The Labute approximate surface area is 169 Å². The molecule has 10 heteroatoms. The van der Waals surface area contributed by atoms with Gasteiger partial charge in [-0.15, -0.1) is 0 Å². The van der Waals surface area contributed by atoms with Gasteiger partial charge in [-0.05, 0) is 38.0 Å². The SMILES string of the molecule is Cc1ccc(NC(=O)Nc2cc(F)cc(O[C@H]3CCCN(S(C)(=O)=O)C3)c2)cn1. The highest BCUT2D eigenvalue weighted by molar-refractivity contribution is 7.88. The van der Waals surface area contributed by atoms with E-state index in [0.29, 0.717) is 25.1 Å². The number of nitrogens with zero attached hydrogens (tertiary/aromatic N) is 2. The Bertz CT molecular complexity index is 982. The smallest absolute Gasteiger partial charge is 0.323 e. The van der Waals surface area contributed by atoms with Crippen LogP contribution in [0, 0.1) is 12.7 Å². The first-order valence-corrected chi connectivity index (χ1v) is 11.0. The molecule has 3 rings (SSSR count). The van der Waals surface area contributed by atoms with Crippen molar-refractivity contribution in [3.63, 3.8) is 0 Å². The van der Waals surface area contributed by atoms with E-state index in [2.05, 4.69) is 15.6 Å². The molecule has 1 aromatic carbocycles. The van der Waals surface area contributed by atoms with Gasteiger partial charge in [0.25, 0.3) is 0 Å². The van der Waals surface area contributed by atoms with Crippen LogP contribution in [0.1, 0.15) is 18.5 Å². The summed E-state index contributed by atoms with van der Waals surface area (Å²) < 4.78 is 44.6. The van der Waals surface area contributed by atoms with E-state index >= 15 is 0 Å². The van der Waals surface area contributed by atoms with Crippen molar-refractivity contribution >= 4 is 27.4 Å². The van der Waals surface area contributed by atoms with Gasteiger partial charge in [0.15, 0.2) is 0 Å². The molecule has 1 aromatic heterocycles. The highest BCUT2D eigenvalue weighted by atomic mass is 32.2. The highest BCUT2D eigenvalue weighted by Crippen LogP contribution is 2.24. The largest absolute Gasteiger partial charge is 0.489 e. The van der Waals surface area contributed by atoms with Gasteiger partial charge in [-0.1, -0.05) is 0 Å². The number of halogens is 1. The molecule has 1 aliphatic rings. The van der Waals surface area contributed by atoms with Gasteiger partial charge in [0.2, 0.25) is 10.0 Å². The van der Waals surface area contributed by atoms with E-state index in [1.165, 1.54) is 28.7 Å². The van der Waals surface area contributed by atoms with Gasteiger partial charge in [0, 0.05) is 30.1 Å². The quantitative estimate of drug-likeness (QED) is 0.772. The molecule has 0 bridgehead atoms. The summed E-state index contributed by atoms with van der Waals surface area (Å²) in [6.45, 7) is 2.49. The number of aromatic nitrogens is 1. The van der Waals surface area contributed by atoms with Crippen LogP contribution in [0.2, 0.25) is 0 Å². The fraction of sp³-hybridized carbons (Fsp3) is 0.368. The molecule has 2 aromatic rings. The fourth-order valence-electron chi connectivity index (χ4n) is 3.03. The summed E-state index contributed by atoms with van der Waals surface area (Å²) in [4.78, 5) is 16.2. The summed E-state index contributed by atoms with van der Waals surface area (Å²) in [6, 6.07) is 6.78. The Hall–Kier alpha value is -2.72. The topological polar surface area (TPSA) is 101 Å². The summed E-state index contributed by atoms with van der Waals surface area (Å²) in [7, 11) is -3.31. The first-order valence-electron chi connectivity index (χ1n) is 9.12. The van der Waals surface area contributed by atoms with Crippen molar-refractivity contribution in [2.75, 3.05) is 30.0 Å². The lowest BCUT2D eigenvalue weighted by atomic mass is 10.1. The molecule has 0 aliphatic carbocycles. The van der Waals surface area contributed by atoms with Crippen LogP contribution in [-0.2, 0) is 10.0 Å². The van der Waals surface area contributed by atoms with Gasteiger partial charge < -0.3 is 15.4 Å². The van der Waals surface area contributed by atoms with Crippen LogP contribution in [0.25, 0.3) is 0 Å². The number of benzene rings is 1. The molecule has 8 nitrogen and oxygen atoms in total. The number of carbonyl (C=O) groups excluding carboxylic acids is 1. The van der Waals surface area contributed by atoms with Crippen molar-refractivity contribution in [1.29, 1.82) is 0 Å². The number of hydrogen-bond donors (Lipinski definition) is 2. The monoisotopic (exact) mass is 422 g/mol. The van der Waals surface area contributed by atoms with E-state index in [1.807, 2.05) is 6.92 Å². The Kier molecular flexibility index (Phi) is 6.33. The number of anilines is 2. The van der Waals surface area contributed by atoms with Crippen LogP contribution >= 0.6 is 0 Å². The number of amides is 2. The maximum absolute atomic E-state index is 14.0. The van der Waals surface area contributed by atoms with Crippen molar-refractivity contribution in [1.82, 2.24) is 9.29 Å². The number of sulfonamides is 1. The number of rotatable bonds is 5. The van der Waals surface area contributed by atoms with E-state index in [-0.39, 0.29) is 24.1 Å². The third-order valence-electron chi connectivity index (χ3n) is 4.41. The highest BCUT2D eigenvalue weighted by Gasteiger charge is 2.27. The lowest BCUT2D eigenvalue weighted by molar-refractivity contribution is 0.130. The third kappa shape index (κ3) is 6.13. The molecule has 29 heavy (non-hydrogen) atoms. The molecular weight excluding hydrogens is 399 g/mol. The molecule has 1 atom stereocenters. The lowest BCUT2D eigenvalue weighted by Gasteiger charge is -2.31. The molecule has 1 aliphatic heterocycles. The van der Waals surface area contributed by atoms with Crippen molar-refractivity contribution in [2.24, 2.45) is 0 Å². The molecule has 0 spiro atoms. The number of pyridine rings is 1. The summed E-state index contributed by atoms with van der Waals surface area (Å²) >= 11 is 0. The van der Waals surface area contributed by atoms with Crippen molar-refractivity contribution < 1.29 is 22.3 Å². The van der Waals surface area contributed by atoms with E-state index in [1.54, 1.807) is 12.1 Å². The zero-order valence-electron chi connectivity index (χ0n) is 16.2. The van der Waals surface area contributed by atoms with Crippen molar-refractivity contribution in [2.45, 2.75) is 25.9 Å². The molecule has 2 N–H and O–H groups in total. The molecule has 156 valence electrons. The van der Waals surface area contributed by atoms with Gasteiger partial charge in [-0.2, -0.15) is 4.31 Å². The molecule has 2 heterocycles. The molecule has 1 saturated heterocycles. The number of nitrogens with one attached hydrogen (secondary N) is 2. The third-order valence-corrected chi connectivity index (χ3v) is 5.68. The summed E-state index contributed by atoms with van der Waals surface area (Å²) in [6.07, 6.45) is 3.60. The summed E-state index contributed by atoms with van der Waals surface area (Å²) in [5.41, 5.74) is 1.54. The zero-order chi connectivity index (χ0) is 21.0. The van der Waals surface area contributed by atoms with Crippen molar-refractivity contribution in [3.05, 3.63) is 48.0 Å². The predicted molar refractivity (Wildman–Crippen MR) is 108 cm³/mol. The molecule has 2 amide bonds. The lowest BCUT2D eigenvalue weighted by Crippen LogP contribution is -2.43. The normalized spacial score (nSPS) is 17.6. The molecular formula is C19H23FN4O4S. The zero-order valence-corrected chi connectivity index (χ0v) is 17.0. The predicted octanol–water partition coefficient (Wildman–Crippen LogP) is 2.98. The summed E-state index contributed by atoms with van der Waals surface area (Å²) in [5, 5.41) is 5.16. The molecule has 0 radical (unpaired) electrons. The number of carbonyl (C=O) groups is 1. The van der Waals surface area contributed by atoms with Crippen LogP contribution in [0.3, 0.4) is 0 Å². The van der Waals surface area contributed by atoms with Crippen LogP contribution in [0.15, 0.2) is 36.5 Å². The summed E-state index contributed by atoms with van der Waals surface area (Å²) in [5.74, 6) is -0.358. The van der Waals surface area contributed by atoms with Gasteiger partial charge in [-0.3, -0.25) is 4.98 Å². The molecule has 1 fully saturated rings. The maximum Gasteiger partial charge on any atom is 0.323 e. The minimum atomic E-state index is -3.31. The average molecular weight is 422 g/mol. The first-order chi connectivity index (χ1) is 13.7. The number of aryl methyl sites for hydroxylation is 1. The second-order valence-electron chi connectivity index (χ2n) is 6.95. The number of urea groups is 1. The molecule has 0 saturated carbocycles. The number of piperidine rings is 1. The van der Waals surface area contributed by atoms with Crippen LogP contribution in [0.5, 0.6) is 5.75 Å². The van der Waals surface area contributed by atoms with Gasteiger partial charge in [0.05, 0.1) is 24.7 Å². The van der Waals surface area contributed by atoms with Crippen molar-refractivity contribution in [3.8, 4) is 5.75 Å². The van der Waals surface area contributed by atoms with Crippen LogP contribution < -0.4 is 15.4 Å². The minimum Gasteiger partial charge on any atom is -0.489 e. The first kappa shape index (κ1) is 21.0. The molecule has 0 unspecified atom stereocenters. The van der Waals surface area contributed by atoms with Gasteiger partial charge in [-0.25, -0.2) is 17.6 Å². The minimum absolute atomic E-state index is 0.207. The van der Waals surface area contributed by atoms with Gasteiger partial charge >= 0.3 is 6.03 Å². The van der Waals surface area contributed by atoms with E-state index in [0.717, 1.165) is 11.9 Å². The Morgan fingerprint density at radius 1 is 1.24 bits per heavy atom. The standard InChI is InChI=1S/C19H23FN4O4S/c1-13-5-6-15(11-21-13)22-19(25)23-16-8-14(20)9-18(10-16)28-17-4-3-7-24(12-17)29(2,26)27/h5-6,8-11,17H,3-4,7,12H2,1-2H3,(H2,22,23,25)/t17-/m0/s1. The Balaban J connectivity index is 1.64.